The van der Waals surface area contributed by atoms with Gasteiger partial charge in [-0.2, -0.15) is 11.3 Å². The lowest BCUT2D eigenvalue weighted by atomic mass is 10.1. The molecule has 2 amide bonds. The number of ether oxygens (including phenoxy) is 1. The second-order valence-corrected chi connectivity index (χ2v) is 8.28. The summed E-state index contributed by atoms with van der Waals surface area (Å²) >= 11 is 1.55. The predicted molar refractivity (Wildman–Crippen MR) is 110 cm³/mol. The molecule has 0 saturated heterocycles. The molecule has 1 N–H and O–H groups in total. The Morgan fingerprint density at radius 3 is 2.41 bits per heavy atom. The van der Waals surface area contributed by atoms with Crippen molar-refractivity contribution in [3.05, 3.63) is 52.5 Å². The van der Waals surface area contributed by atoms with E-state index in [9.17, 15) is 18.8 Å². The minimum absolute atomic E-state index is 0.185. The number of aryl methyl sites for hydroxylation is 1. The molecule has 0 saturated carbocycles. The molecular formula is C21H25FN2O4S. The minimum Gasteiger partial charge on any atom is -0.456 e. The lowest BCUT2D eigenvalue weighted by Gasteiger charge is -2.35. The average molecular weight is 421 g/mol. The molecule has 6 nitrogen and oxygen atoms in total. The number of halogens is 1. The Hall–Kier alpha value is -2.74. The van der Waals surface area contributed by atoms with Crippen molar-refractivity contribution in [3.63, 3.8) is 0 Å². The minimum atomic E-state index is -0.652. The van der Waals surface area contributed by atoms with Crippen LogP contribution in [0.2, 0.25) is 0 Å². The third-order valence-electron chi connectivity index (χ3n) is 4.10. The number of hydrogen-bond acceptors (Lipinski definition) is 5. The highest BCUT2D eigenvalue weighted by atomic mass is 32.1. The number of hydrogen-bond donors (Lipinski definition) is 1. The van der Waals surface area contributed by atoms with Crippen LogP contribution in [0.5, 0.6) is 0 Å². The first kappa shape index (κ1) is 22.5. The molecule has 8 heteroatoms. The molecule has 0 bridgehead atoms. The van der Waals surface area contributed by atoms with Gasteiger partial charge in [0.2, 0.25) is 5.91 Å². The summed E-state index contributed by atoms with van der Waals surface area (Å²) in [5.74, 6) is -1.76. The van der Waals surface area contributed by atoms with Crippen LogP contribution in [0, 0.1) is 5.82 Å². The largest absolute Gasteiger partial charge is 0.456 e. The molecular weight excluding hydrogens is 395 g/mol. The second kappa shape index (κ2) is 10.2. The highest BCUT2D eigenvalue weighted by Crippen LogP contribution is 2.15. The molecule has 0 spiro atoms. The van der Waals surface area contributed by atoms with Gasteiger partial charge in [-0.25, -0.2) is 4.39 Å². The third-order valence-corrected chi connectivity index (χ3v) is 4.83. The maximum atomic E-state index is 13.0. The summed E-state index contributed by atoms with van der Waals surface area (Å²) in [6, 6.07) is 7.28. The zero-order valence-corrected chi connectivity index (χ0v) is 17.6. The summed E-state index contributed by atoms with van der Waals surface area (Å²) in [7, 11) is 0. The Morgan fingerprint density at radius 2 is 1.83 bits per heavy atom. The zero-order chi connectivity index (χ0) is 21.4. The summed E-state index contributed by atoms with van der Waals surface area (Å²) in [6.07, 6.45) is 0.740. The normalized spacial score (nSPS) is 11.0. The Bertz CT molecular complexity index is 829. The van der Waals surface area contributed by atoms with E-state index in [4.69, 9.17) is 4.74 Å². The molecule has 0 aliphatic heterocycles. The predicted octanol–water partition coefficient (Wildman–Crippen LogP) is 3.63. The van der Waals surface area contributed by atoms with Crippen molar-refractivity contribution in [2.45, 2.75) is 39.2 Å². The van der Waals surface area contributed by atoms with Crippen LogP contribution in [0.3, 0.4) is 0 Å². The molecule has 29 heavy (non-hydrogen) atoms. The standard InChI is InChI=1S/C21H25FN2O4S/c1-21(2,3)24(12-18(25)23-17-7-5-16(22)6-8-17)19(26)13-28-20(27)9-4-15-10-11-29-14-15/h5-8,10-11,14H,4,9,12-13H2,1-3H3,(H,23,25). The second-order valence-electron chi connectivity index (χ2n) is 7.50. The number of carbonyl (C=O) groups is 3. The summed E-state index contributed by atoms with van der Waals surface area (Å²) in [6.45, 7) is 4.72. The molecule has 1 aromatic heterocycles. The van der Waals surface area contributed by atoms with Gasteiger partial charge in [0.15, 0.2) is 6.61 Å². The van der Waals surface area contributed by atoms with Crippen molar-refractivity contribution in [2.24, 2.45) is 0 Å². The molecule has 1 aromatic carbocycles. The quantitative estimate of drug-likeness (QED) is 0.662. The van der Waals surface area contributed by atoms with Gasteiger partial charge in [0.05, 0.1) is 0 Å². The first-order chi connectivity index (χ1) is 13.6. The number of nitrogens with zero attached hydrogens (tertiary/aromatic N) is 1. The van der Waals surface area contributed by atoms with Crippen LogP contribution in [0.25, 0.3) is 0 Å². The van der Waals surface area contributed by atoms with Gasteiger partial charge >= 0.3 is 5.97 Å². The first-order valence-corrected chi connectivity index (χ1v) is 10.1. The molecule has 0 fully saturated rings. The summed E-state index contributed by atoms with van der Waals surface area (Å²) in [4.78, 5) is 38.2. The Balaban J connectivity index is 1.87. The van der Waals surface area contributed by atoms with Crippen molar-refractivity contribution < 1.29 is 23.5 Å². The SMILES string of the molecule is CC(C)(C)N(CC(=O)Nc1ccc(F)cc1)C(=O)COC(=O)CCc1ccsc1. The van der Waals surface area contributed by atoms with Crippen molar-refractivity contribution in [1.29, 1.82) is 0 Å². The zero-order valence-electron chi connectivity index (χ0n) is 16.7. The van der Waals surface area contributed by atoms with Gasteiger partial charge in [-0.1, -0.05) is 0 Å². The summed E-state index contributed by atoms with van der Waals surface area (Å²) < 4.78 is 18.1. The summed E-state index contributed by atoms with van der Waals surface area (Å²) in [5.41, 5.74) is 0.824. The smallest absolute Gasteiger partial charge is 0.306 e. The van der Waals surface area contributed by atoms with Crippen LogP contribution in [-0.2, 0) is 25.5 Å². The highest BCUT2D eigenvalue weighted by molar-refractivity contribution is 7.07. The fourth-order valence-electron chi connectivity index (χ4n) is 2.55. The summed E-state index contributed by atoms with van der Waals surface area (Å²) in [5, 5.41) is 6.51. The van der Waals surface area contributed by atoms with Crippen LogP contribution in [0.15, 0.2) is 41.1 Å². The molecule has 156 valence electrons. The monoisotopic (exact) mass is 420 g/mol. The molecule has 0 aliphatic carbocycles. The maximum Gasteiger partial charge on any atom is 0.306 e. The molecule has 2 aromatic rings. The molecule has 0 unspecified atom stereocenters. The first-order valence-electron chi connectivity index (χ1n) is 9.18. The fraction of sp³-hybridized carbons (Fsp3) is 0.381. The van der Waals surface area contributed by atoms with E-state index in [1.807, 2.05) is 16.8 Å². The van der Waals surface area contributed by atoms with Crippen LogP contribution >= 0.6 is 11.3 Å². The molecule has 2 rings (SSSR count). The number of nitrogens with one attached hydrogen (secondary N) is 1. The number of benzene rings is 1. The van der Waals surface area contributed by atoms with E-state index < -0.39 is 35.7 Å². The van der Waals surface area contributed by atoms with Gasteiger partial charge in [0.1, 0.15) is 12.4 Å². The van der Waals surface area contributed by atoms with E-state index in [1.165, 1.54) is 29.2 Å². The van der Waals surface area contributed by atoms with Crippen LogP contribution in [-0.4, -0.2) is 41.4 Å². The topological polar surface area (TPSA) is 75.7 Å². The van der Waals surface area contributed by atoms with E-state index in [0.29, 0.717) is 12.1 Å². The van der Waals surface area contributed by atoms with E-state index in [0.717, 1.165) is 5.56 Å². The van der Waals surface area contributed by atoms with Crippen molar-refractivity contribution in [2.75, 3.05) is 18.5 Å². The number of rotatable bonds is 8. The van der Waals surface area contributed by atoms with Crippen molar-refractivity contribution in [1.82, 2.24) is 4.90 Å². The number of esters is 1. The van der Waals surface area contributed by atoms with Gasteiger partial charge in [-0.05, 0) is 73.8 Å². The van der Waals surface area contributed by atoms with Gasteiger partial charge in [-0.15, -0.1) is 0 Å². The lowest BCUT2D eigenvalue weighted by molar-refractivity contribution is -0.154. The van der Waals surface area contributed by atoms with E-state index in [2.05, 4.69) is 5.32 Å². The van der Waals surface area contributed by atoms with Gasteiger partial charge in [0, 0.05) is 17.6 Å². The Kier molecular flexibility index (Phi) is 7.90. The average Bonchev–Trinajstić information content (AvgIpc) is 3.17. The van der Waals surface area contributed by atoms with E-state index in [1.54, 1.807) is 32.1 Å². The Morgan fingerprint density at radius 1 is 1.14 bits per heavy atom. The fourth-order valence-corrected chi connectivity index (χ4v) is 3.25. The van der Waals surface area contributed by atoms with E-state index >= 15 is 0 Å². The van der Waals surface area contributed by atoms with Crippen LogP contribution < -0.4 is 5.32 Å². The molecule has 1 heterocycles. The number of anilines is 1. The van der Waals surface area contributed by atoms with Gasteiger partial charge in [-0.3, -0.25) is 14.4 Å². The number of carbonyl (C=O) groups excluding carboxylic acids is 3. The number of thiophene rings is 1. The maximum absolute atomic E-state index is 13.0. The van der Waals surface area contributed by atoms with Gasteiger partial charge < -0.3 is 15.0 Å². The Labute approximate surface area is 173 Å². The molecule has 0 atom stereocenters. The highest BCUT2D eigenvalue weighted by Gasteiger charge is 2.29. The van der Waals surface area contributed by atoms with Crippen LogP contribution in [0.1, 0.15) is 32.8 Å². The van der Waals surface area contributed by atoms with Crippen molar-refractivity contribution in [3.8, 4) is 0 Å². The third kappa shape index (κ3) is 7.65. The van der Waals surface area contributed by atoms with Crippen molar-refractivity contribution >= 4 is 34.8 Å². The van der Waals surface area contributed by atoms with E-state index in [-0.39, 0.29) is 13.0 Å². The van der Waals surface area contributed by atoms with Crippen LogP contribution in [0.4, 0.5) is 10.1 Å². The number of amides is 2. The molecule has 0 aliphatic rings. The van der Waals surface area contributed by atoms with Gasteiger partial charge in [0.25, 0.3) is 5.91 Å². The lowest BCUT2D eigenvalue weighted by Crippen LogP contribution is -2.50. The molecule has 0 radical (unpaired) electrons.